The van der Waals surface area contributed by atoms with Gasteiger partial charge in [-0.05, 0) is 44.0 Å². The van der Waals surface area contributed by atoms with E-state index in [2.05, 4.69) is 29.2 Å². The Balaban J connectivity index is 1.64. The van der Waals surface area contributed by atoms with Crippen molar-refractivity contribution in [3.8, 4) is 11.5 Å². The molecule has 0 spiro atoms. The van der Waals surface area contributed by atoms with Gasteiger partial charge >= 0.3 is 0 Å². The highest BCUT2D eigenvalue weighted by atomic mass is 16.5. The first-order valence-electron chi connectivity index (χ1n) is 9.97. The lowest BCUT2D eigenvalue weighted by molar-refractivity contribution is 0.0760. The molecule has 0 aromatic heterocycles. The lowest BCUT2D eigenvalue weighted by Crippen LogP contribution is -2.35. The smallest absolute Gasteiger partial charge is 0.254 e. The second-order valence-corrected chi connectivity index (χ2v) is 7.44. The van der Waals surface area contributed by atoms with Crippen molar-refractivity contribution in [1.29, 1.82) is 0 Å². The van der Waals surface area contributed by atoms with Gasteiger partial charge in [-0.1, -0.05) is 30.3 Å². The lowest BCUT2D eigenvalue weighted by Gasteiger charge is -2.22. The van der Waals surface area contributed by atoms with Gasteiger partial charge in [0.2, 0.25) is 0 Å². The summed E-state index contributed by atoms with van der Waals surface area (Å²) < 4.78 is 11.2. The molecular weight excluding hydrogens is 352 g/mol. The minimum absolute atomic E-state index is 0.0518. The molecule has 0 unspecified atom stereocenters. The van der Waals surface area contributed by atoms with E-state index >= 15 is 0 Å². The second-order valence-electron chi connectivity index (χ2n) is 7.44. The summed E-state index contributed by atoms with van der Waals surface area (Å²) in [6.45, 7) is 8.26. The van der Waals surface area contributed by atoms with Gasteiger partial charge in [-0.2, -0.15) is 0 Å². The molecule has 150 valence electrons. The number of amides is 1. The van der Waals surface area contributed by atoms with Crippen molar-refractivity contribution in [3.05, 3.63) is 59.7 Å². The van der Waals surface area contributed by atoms with Crippen molar-refractivity contribution < 1.29 is 14.3 Å². The maximum Gasteiger partial charge on any atom is 0.254 e. The fourth-order valence-corrected chi connectivity index (χ4v) is 3.51. The topological polar surface area (TPSA) is 42.0 Å². The Morgan fingerprint density at radius 1 is 1.00 bits per heavy atom. The highest BCUT2D eigenvalue weighted by Gasteiger charge is 2.21. The Hall–Kier alpha value is -2.53. The fraction of sp³-hybridized carbons (Fsp3) is 0.435. The van der Waals surface area contributed by atoms with Gasteiger partial charge in [-0.15, -0.1) is 0 Å². The number of ether oxygens (including phenoxy) is 2. The molecule has 0 radical (unpaired) electrons. The van der Waals surface area contributed by atoms with E-state index < -0.39 is 0 Å². The molecule has 2 aromatic rings. The number of methoxy groups -OCH3 is 1. The molecule has 1 heterocycles. The van der Waals surface area contributed by atoms with Crippen molar-refractivity contribution in [2.24, 2.45) is 0 Å². The van der Waals surface area contributed by atoms with Crippen LogP contribution in [0.4, 0.5) is 0 Å². The summed E-state index contributed by atoms with van der Waals surface area (Å²) >= 11 is 0. The number of carbonyl (C=O) groups is 1. The zero-order valence-corrected chi connectivity index (χ0v) is 17.1. The molecule has 5 nitrogen and oxygen atoms in total. The van der Waals surface area contributed by atoms with E-state index in [0.717, 1.165) is 39.1 Å². The van der Waals surface area contributed by atoms with Crippen LogP contribution in [0.15, 0.2) is 48.5 Å². The molecule has 5 heteroatoms. The standard InChI is InChI=1S/C23H30N2O3/c1-18(2)28-21-11-10-20(16-22(21)27-3)23(26)25-13-7-12-24(14-15-25)17-19-8-5-4-6-9-19/h4-6,8-11,16,18H,7,12-15,17H2,1-3H3. The maximum absolute atomic E-state index is 13.0. The first-order chi connectivity index (χ1) is 13.6. The zero-order valence-electron chi connectivity index (χ0n) is 17.1. The van der Waals surface area contributed by atoms with Crippen LogP contribution in [0.1, 0.15) is 36.2 Å². The van der Waals surface area contributed by atoms with Gasteiger partial charge < -0.3 is 14.4 Å². The summed E-state index contributed by atoms with van der Waals surface area (Å²) in [6, 6.07) is 15.9. The molecule has 0 bridgehead atoms. The maximum atomic E-state index is 13.0. The Kier molecular flexibility index (Phi) is 6.93. The largest absolute Gasteiger partial charge is 0.493 e. The van der Waals surface area contributed by atoms with Crippen LogP contribution in [0.3, 0.4) is 0 Å². The van der Waals surface area contributed by atoms with Crippen LogP contribution >= 0.6 is 0 Å². The Morgan fingerprint density at radius 2 is 1.79 bits per heavy atom. The molecule has 3 rings (SSSR count). The van der Waals surface area contributed by atoms with Crippen LogP contribution in [0.5, 0.6) is 11.5 Å². The monoisotopic (exact) mass is 382 g/mol. The van der Waals surface area contributed by atoms with Gasteiger partial charge in [-0.3, -0.25) is 9.69 Å². The molecular formula is C23H30N2O3. The van der Waals surface area contributed by atoms with E-state index in [0.29, 0.717) is 17.1 Å². The number of hydrogen-bond acceptors (Lipinski definition) is 4. The average molecular weight is 383 g/mol. The third-order valence-electron chi connectivity index (χ3n) is 4.90. The summed E-state index contributed by atoms with van der Waals surface area (Å²) in [5, 5.41) is 0. The van der Waals surface area contributed by atoms with Crippen molar-refractivity contribution in [1.82, 2.24) is 9.80 Å². The Bertz CT molecular complexity index is 777. The Morgan fingerprint density at radius 3 is 2.50 bits per heavy atom. The zero-order chi connectivity index (χ0) is 19.9. The highest BCUT2D eigenvalue weighted by molar-refractivity contribution is 5.95. The molecule has 1 aliphatic rings. The molecule has 0 atom stereocenters. The molecule has 1 saturated heterocycles. The predicted molar refractivity (Wildman–Crippen MR) is 111 cm³/mol. The van der Waals surface area contributed by atoms with E-state index in [4.69, 9.17) is 9.47 Å². The number of rotatable bonds is 6. The quantitative estimate of drug-likeness (QED) is 0.761. The summed E-state index contributed by atoms with van der Waals surface area (Å²) in [4.78, 5) is 17.4. The van der Waals surface area contributed by atoms with E-state index in [1.165, 1.54) is 5.56 Å². The predicted octanol–water partition coefficient (Wildman–Crippen LogP) is 3.83. The summed E-state index contributed by atoms with van der Waals surface area (Å²) in [5.41, 5.74) is 1.96. The number of carbonyl (C=O) groups excluding carboxylic acids is 1. The Labute approximate surface area is 167 Å². The van der Waals surface area contributed by atoms with Crippen molar-refractivity contribution >= 4 is 5.91 Å². The minimum atomic E-state index is 0.0518. The number of nitrogens with zero attached hydrogens (tertiary/aromatic N) is 2. The summed E-state index contributed by atoms with van der Waals surface area (Å²) in [7, 11) is 1.60. The van der Waals surface area contributed by atoms with Gasteiger partial charge in [-0.25, -0.2) is 0 Å². The van der Waals surface area contributed by atoms with Gasteiger partial charge in [0.05, 0.1) is 13.2 Å². The van der Waals surface area contributed by atoms with E-state index in [1.54, 1.807) is 13.2 Å². The lowest BCUT2D eigenvalue weighted by atomic mass is 10.1. The fourth-order valence-electron chi connectivity index (χ4n) is 3.51. The first-order valence-corrected chi connectivity index (χ1v) is 9.97. The van der Waals surface area contributed by atoms with E-state index in [-0.39, 0.29) is 12.0 Å². The summed E-state index contributed by atoms with van der Waals surface area (Å²) in [6.07, 6.45) is 1.03. The SMILES string of the molecule is COc1cc(C(=O)N2CCCN(Cc3ccccc3)CC2)ccc1OC(C)C. The van der Waals surface area contributed by atoms with Crippen LogP contribution in [0, 0.1) is 0 Å². The van der Waals surface area contributed by atoms with Crippen LogP contribution in [0.2, 0.25) is 0 Å². The molecule has 0 N–H and O–H groups in total. The van der Waals surface area contributed by atoms with Crippen LogP contribution in [0.25, 0.3) is 0 Å². The molecule has 28 heavy (non-hydrogen) atoms. The van der Waals surface area contributed by atoms with Crippen molar-refractivity contribution in [2.75, 3.05) is 33.3 Å². The molecule has 1 amide bonds. The van der Waals surface area contributed by atoms with Crippen LogP contribution in [-0.4, -0.2) is 55.1 Å². The number of benzene rings is 2. The van der Waals surface area contributed by atoms with Gasteiger partial charge in [0.15, 0.2) is 11.5 Å². The second kappa shape index (κ2) is 9.60. The first kappa shape index (κ1) is 20.2. The van der Waals surface area contributed by atoms with Crippen molar-refractivity contribution in [3.63, 3.8) is 0 Å². The summed E-state index contributed by atoms with van der Waals surface area (Å²) in [5.74, 6) is 1.31. The molecule has 1 fully saturated rings. The van der Waals surface area contributed by atoms with Crippen molar-refractivity contribution in [2.45, 2.75) is 32.9 Å². The van der Waals surface area contributed by atoms with E-state index in [9.17, 15) is 4.79 Å². The molecule has 2 aromatic carbocycles. The van der Waals surface area contributed by atoms with Gasteiger partial charge in [0, 0.05) is 38.3 Å². The molecule has 0 aliphatic carbocycles. The molecule has 1 aliphatic heterocycles. The third kappa shape index (κ3) is 5.26. The van der Waals surface area contributed by atoms with Gasteiger partial charge in [0.1, 0.15) is 0 Å². The molecule has 0 saturated carbocycles. The average Bonchev–Trinajstić information content (AvgIpc) is 2.93. The normalized spacial score (nSPS) is 15.4. The van der Waals surface area contributed by atoms with Crippen LogP contribution in [-0.2, 0) is 6.54 Å². The van der Waals surface area contributed by atoms with E-state index in [1.807, 2.05) is 36.9 Å². The van der Waals surface area contributed by atoms with Crippen LogP contribution < -0.4 is 9.47 Å². The minimum Gasteiger partial charge on any atom is -0.493 e. The number of hydrogen-bond donors (Lipinski definition) is 0. The van der Waals surface area contributed by atoms with Gasteiger partial charge in [0.25, 0.3) is 5.91 Å². The third-order valence-corrected chi connectivity index (χ3v) is 4.90. The highest BCUT2D eigenvalue weighted by Crippen LogP contribution is 2.29.